The minimum atomic E-state index is -0.691. The smallest absolute Gasteiger partial charge is 0.255 e. The predicted molar refractivity (Wildman–Crippen MR) is 157 cm³/mol. The van der Waals surface area contributed by atoms with Crippen LogP contribution in [0.2, 0.25) is 0 Å². The van der Waals surface area contributed by atoms with Crippen molar-refractivity contribution in [2.24, 2.45) is 5.41 Å². The number of aryl methyl sites for hydroxylation is 1. The van der Waals surface area contributed by atoms with Gasteiger partial charge in [-0.1, -0.05) is 36.2 Å². The quantitative estimate of drug-likeness (QED) is 0.544. The number of ether oxygens (including phenoxy) is 1. The second-order valence-corrected chi connectivity index (χ2v) is 11.9. The van der Waals surface area contributed by atoms with Gasteiger partial charge in [-0.2, -0.15) is 0 Å². The predicted octanol–water partition coefficient (Wildman–Crippen LogP) is 3.52. The molecule has 0 aliphatic carbocycles. The Morgan fingerprint density at radius 1 is 0.850 bits per heavy atom. The van der Waals surface area contributed by atoms with Crippen LogP contribution in [-0.2, 0) is 4.79 Å². The summed E-state index contributed by atoms with van der Waals surface area (Å²) in [6.07, 6.45) is 5.56. The van der Waals surface area contributed by atoms with Crippen LogP contribution >= 0.6 is 0 Å². The number of carbonyl (C=O) groups is 2. The number of para-hydroxylation sites is 1. The van der Waals surface area contributed by atoms with Crippen LogP contribution in [0.1, 0.15) is 60.9 Å². The molecule has 0 aromatic heterocycles. The Morgan fingerprint density at radius 2 is 1.57 bits per heavy atom. The summed E-state index contributed by atoms with van der Waals surface area (Å²) in [4.78, 5) is 30.9. The molecule has 5 rings (SSSR count). The molecule has 3 heterocycles. The zero-order chi connectivity index (χ0) is 28.0. The van der Waals surface area contributed by atoms with E-state index in [-0.39, 0.29) is 11.8 Å². The highest BCUT2D eigenvalue weighted by atomic mass is 16.5. The van der Waals surface area contributed by atoms with Gasteiger partial charge in [-0.05, 0) is 82.8 Å². The largest absolute Gasteiger partial charge is 0.491 e. The first-order chi connectivity index (χ1) is 19.4. The summed E-state index contributed by atoms with van der Waals surface area (Å²) in [5.74, 6) is 0.523. The van der Waals surface area contributed by atoms with Gasteiger partial charge in [0.2, 0.25) is 5.91 Å². The van der Waals surface area contributed by atoms with Crippen molar-refractivity contribution in [3.63, 3.8) is 0 Å². The van der Waals surface area contributed by atoms with Crippen LogP contribution in [0.5, 0.6) is 5.75 Å². The van der Waals surface area contributed by atoms with E-state index in [0.717, 1.165) is 71.1 Å². The standard InChI is InChI=1S/C32H44N4O4/c1-25-8-10-26(11-9-25)36-21-15-32(39,16-22-36)24-35-19-13-31(14-20-35)12-4-5-17-33-29(37)27-6-2-3-7-28(27)40-23-18-34-30(31)38/h2-3,6-11,39H,4-5,12-24H2,1H3,(H,33,37)(H,34,38). The number of rotatable bonds is 3. The molecule has 0 bridgehead atoms. The molecule has 8 nitrogen and oxygen atoms in total. The third-order valence-corrected chi connectivity index (χ3v) is 9.05. The molecule has 2 saturated heterocycles. The third-order valence-electron chi connectivity index (χ3n) is 9.05. The number of hydrogen-bond donors (Lipinski definition) is 3. The number of hydrogen-bond acceptors (Lipinski definition) is 6. The molecule has 2 aromatic carbocycles. The molecule has 3 aliphatic heterocycles. The lowest BCUT2D eigenvalue weighted by Gasteiger charge is -2.45. The number of fused-ring (bicyclic) bond motifs is 1. The van der Waals surface area contributed by atoms with Gasteiger partial charge in [0.1, 0.15) is 12.4 Å². The van der Waals surface area contributed by atoms with E-state index in [9.17, 15) is 14.7 Å². The van der Waals surface area contributed by atoms with Crippen molar-refractivity contribution < 1.29 is 19.4 Å². The summed E-state index contributed by atoms with van der Waals surface area (Å²) >= 11 is 0. The lowest BCUT2D eigenvalue weighted by atomic mass is 9.73. The third kappa shape index (κ3) is 6.78. The number of carbonyl (C=O) groups excluding carboxylic acids is 2. The molecular weight excluding hydrogens is 504 g/mol. The Hall–Kier alpha value is -3.10. The molecule has 2 aromatic rings. The van der Waals surface area contributed by atoms with Gasteiger partial charge in [-0.3, -0.25) is 9.59 Å². The van der Waals surface area contributed by atoms with E-state index in [1.807, 2.05) is 12.1 Å². The average molecular weight is 549 g/mol. The Balaban J connectivity index is 1.15. The van der Waals surface area contributed by atoms with Crippen molar-refractivity contribution in [1.29, 1.82) is 0 Å². The Kier molecular flexibility index (Phi) is 8.96. The van der Waals surface area contributed by atoms with Crippen LogP contribution in [0.3, 0.4) is 0 Å². The number of benzene rings is 2. The molecule has 8 heteroatoms. The number of amides is 2. The summed E-state index contributed by atoms with van der Waals surface area (Å²) in [5.41, 5.74) is 1.90. The number of anilines is 1. The number of β-amino-alcohol motifs (C(OH)–C–C–N with tert-alkyl or cyclic N) is 1. The number of piperidine rings is 2. The van der Waals surface area contributed by atoms with E-state index in [0.29, 0.717) is 37.6 Å². The fraction of sp³-hybridized carbons (Fsp3) is 0.562. The summed E-state index contributed by atoms with van der Waals surface area (Å²) < 4.78 is 5.87. The van der Waals surface area contributed by atoms with Crippen LogP contribution in [0.25, 0.3) is 0 Å². The highest BCUT2D eigenvalue weighted by Gasteiger charge is 2.42. The van der Waals surface area contributed by atoms with Crippen LogP contribution in [0.15, 0.2) is 48.5 Å². The summed E-state index contributed by atoms with van der Waals surface area (Å²) in [6, 6.07) is 15.9. The van der Waals surface area contributed by atoms with Gasteiger partial charge in [0.05, 0.1) is 23.1 Å². The second kappa shape index (κ2) is 12.6. The van der Waals surface area contributed by atoms with Crippen molar-refractivity contribution in [3.8, 4) is 5.75 Å². The first-order valence-corrected chi connectivity index (χ1v) is 14.9. The highest BCUT2D eigenvalue weighted by molar-refractivity contribution is 5.96. The molecule has 40 heavy (non-hydrogen) atoms. The molecule has 216 valence electrons. The zero-order valence-corrected chi connectivity index (χ0v) is 23.8. The Labute approximate surface area is 238 Å². The molecule has 3 aliphatic rings. The summed E-state index contributed by atoms with van der Waals surface area (Å²) in [5, 5.41) is 17.6. The van der Waals surface area contributed by atoms with Crippen LogP contribution in [-0.4, -0.2) is 79.8 Å². The topological polar surface area (TPSA) is 94.1 Å². The maximum atomic E-state index is 13.5. The fourth-order valence-electron chi connectivity index (χ4n) is 6.42. The van der Waals surface area contributed by atoms with E-state index < -0.39 is 11.0 Å². The van der Waals surface area contributed by atoms with Gasteiger partial charge >= 0.3 is 0 Å². The monoisotopic (exact) mass is 548 g/mol. The lowest BCUT2D eigenvalue weighted by molar-refractivity contribution is -0.135. The number of likely N-dealkylation sites (tertiary alicyclic amines) is 1. The molecule has 1 spiro atoms. The molecular formula is C32H44N4O4. The molecule has 0 radical (unpaired) electrons. The van der Waals surface area contributed by atoms with Crippen molar-refractivity contribution in [2.75, 3.05) is 57.3 Å². The van der Waals surface area contributed by atoms with Gasteiger partial charge in [-0.15, -0.1) is 0 Å². The van der Waals surface area contributed by atoms with Crippen LogP contribution < -0.4 is 20.3 Å². The van der Waals surface area contributed by atoms with E-state index >= 15 is 0 Å². The van der Waals surface area contributed by atoms with Crippen molar-refractivity contribution in [2.45, 2.75) is 57.5 Å². The second-order valence-electron chi connectivity index (χ2n) is 11.9. The van der Waals surface area contributed by atoms with E-state index in [1.54, 1.807) is 12.1 Å². The first-order valence-electron chi connectivity index (χ1n) is 14.9. The zero-order valence-electron chi connectivity index (χ0n) is 23.8. The van der Waals surface area contributed by atoms with E-state index in [4.69, 9.17) is 4.74 Å². The Morgan fingerprint density at radius 3 is 2.33 bits per heavy atom. The molecule has 2 amide bonds. The maximum absolute atomic E-state index is 13.5. The van der Waals surface area contributed by atoms with Crippen molar-refractivity contribution in [3.05, 3.63) is 59.7 Å². The van der Waals surface area contributed by atoms with Crippen LogP contribution in [0, 0.1) is 12.3 Å². The Bertz CT molecular complexity index is 1150. The van der Waals surface area contributed by atoms with Gasteiger partial charge in [0, 0.05) is 31.9 Å². The van der Waals surface area contributed by atoms with Crippen LogP contribution in [0.4, 0.5) is 5.69 Å². The summed E-state index contributed by atoms with van der Waals surface area (Å²) in [6.45, 7) is 7.35. The van der Waals surface area contributed by atoms with Crippen molar-refractivity contribution >= 4 is 17.5 Å². The minimum Gasteiger partial charge on any atom is -0.491 e. The summed E-state index contributed by atoms with van der Waals surface area (Å²) in [7, 11) is 0. The molecule has 3 N–H and O–H groups in total. The number of nitrogens with one attached hydrogen (secondary N) is 2. The van der Waals surface area contributed by atoms with Crippen molar-refractivity contribution in [1.82, 2.24) is 15.5 Å². The van der Waals surface area contributed by atoms with Gasteiger partial charge in [-0.25, -0.2) is 0 Å². The fourth-order valence-corrected chi connectivity index (χ4v) is 6.42. The number of aliphatic hydroxyl groups is 1. The average Bonchev–Trinajstić information content (AvgIpc) is 2.96. The normalized spacial score (nSPS) is 22.4. The SMILES string of the molecule is Cc1ccc(N2CCC(O)(CN3CCC4(CCCCNC(=O)c5ccccc5OCCNC4=O)CC3)CC2)cc1. The lowest BCUT2D eigenvalue weighted by Crippen LogP contribution is -2.55. The molecule has 0 unspecified atom stereocenters. The minimum absolute atomic E-state index is 0.107. The molecule has 0 atom stereocenters. The molecule has 2 fully saturated rings. The highest BCUT2D eigenvalue weighted by Crippen LogP contribution is 2.38. The molecule has 0 saturated carbocycles. The first kappa shape index (κ1) is 28.4. The maximum Gasteiger partial charge on any atom is 0.255 e. The van der Waals surface area contributed by atoms with E-state index in [2.05, 4.69) is 51.6 Å². The van der Waals surface area contributed by atoms with Gasteiger partial charge in [0.25, 0.3) is 5.91 Å². The van der Waals surface area contributed by atoms with Gasteiger partial charge in [0.15, 0.2) is 0 Å². The number of nitrogens with zero attached hydrogens (tertiary/aromatic N) is 2. The van der Waals surface area contributed by atoms with E-state index in [1.165, 1.54) is 11.3 Å². The van der Waals surface area contributed by atoms with Gasteiger partial charge < -0.3 is 30.3 Å².